The van der Waals surface area contributed by atoms with Gasteiger partial charge >= 0.3 is 19.2 Å². The van der Waals surface area contributed by atoms with Crippen LogP contribution in [-0.2, 0) is 19.3 Å². The fourth-order valence-electron chi connectivity index (χ4n) is 1.18. The normalized spacial score (nSPS) is 14.4. The van der Waals surface area contributed by atoms with Gasteiger partial charge in [-0.1, -0.05) is 0 Å². The summed E-state index contributed by atoms with van der Waals surface area (Å²) in [6.07, 6.45) is -0.571. The van der Waals surface area contributed by atoms with Crippen molar-refractivity contribution in [1.29, 1.82) is 0 Å². The van der Waals surface area contributed by atoms with Gasteiger partial charge in [0.25, 0.3) is 0 Å². The molecule has 0 fully saturated rings. The lowest BCUT2D eigenvalue weighted by Crippen LogP contribution is -2.35. The molecule has 1 atom stereocenters. The van der Waals surface area contributed by atoms with Crippen molar-refractivity contribution in [2.45, 2.75) is 18.6 Å². The van der Waals surface area contributed by atoms with E-state index in [1.54, 1.807) is 0 Å². The summed E-state index contributed by atoms with van der Waals surface area (Å²) < 4.78 is 37.7. The van der Waals surface area contributed by atoms with Crippen molar-refractivity contribution in [3.63, 3.8) is 0 Å². The standard InChI is InChI=1S/C8H21NO9SSi/c10-8(6-9-2-4-18-19(11,12)13)7-17-3-1-5-20(14,15)16/h8-10,14-16H,1-7H2,(H,11,12,13). The number of ether oxygens (including phenoxy) is 1. The molecule has 0 radical (unpaired) electrons. The Kier molecular flexibility index (Phi) is 9.65. The third-order valence-corrected chi connectivity index (χ3v) is 3.49. The predicted molar refractivity (Wildman–Crippen MR) is 69.0 cm³/mol. The predicted octanol–water partition coefficient (Wildman–Crippen LogP) is -2.92. The fourth-order valence-corrected chi connectivity index (χ4v) is 2.09. The topological polar surface area (TPSA) is 166 Å². The monoisotopic (exact) mass is 335 g/mol. The Morgan fingerprint density at radius 1 is 1.20 bits per heavy atom. The summed E-state index contributed by atoms with van der Waals surface area (Å²) in [7, 11) is -8.46. The SMILES string of the molecule is O=S(=O)(O)OCCNCC(O)COCCC[Si](O)(O)O. The minimum Gasteiger partial charge on any atom is -0.390 e. The highest BCUT2D eigenvalue weighted by Gasteiger charge is 2.25. The molecule has 0 aromatic carbocycles. The number of aliphatic hydroxyl groups excluding tert-OH is 1. The van der Waals surface area contributed by atoms with Gasteiger partial charge in [0, 0.05) is 25.7 Å². The van der Waals surface area contributed by atoms with E-state index in [4.69, 9.17) is 23.7 Å². The van der Waals surface area contributed by atoms with Gasteiger partial charge in [0.1, 0.15) is 0 Å². The third kappa shape index (κ3) is 15.9. The first kappa shape index (κ1) is 19.8. The van der Waals surface area contributed by atoms with E-state index >= 15 is 0 Å². The first-order chi connectivity index (χ1) is 9.10. The third-order valence-electron chi connectivity index (χ3n) is 2.00. The summed E-state index contributed by atoms with van der Waals surface area (Å²) in [6, 6.07) is -0.131. The highest BCUT2D eigenvalue weighted by Crippen LogP contribution is 2.01. The zero-order valence-corrected chi connectivity index (χ0v) is 12.6. The molecular weight excluding hydrogens is 314 g/mol. The van der Waals surface area contributed by atoms with Gasteiger partial charge in [-0.25, -0.2) is 4.18 Å². The molecular formula is C8H21NO9SSi. The Labute approximate surface area is 118 Å². The van der Waals surface area contributed by atoms with Crippen LogP contribution in [0.25, 0.3) is 0 Å². The van der Waals surface area contributed by atoms with E-state index in [0.717, 1.165) is 0 Å². The molecule has 0 bridgehead atoms. The summed E-state index contributed by atoms with van der Waals surface area (Å²) in [6.45, 7) is 0.156. The molecule has 0 spiro atoms. The first-order valence-electron chi connectivity index (χ1n) is 5.85. The maximum absolute atomic E-state index is 10.2. The van der Waals surface area contributed by atoms with Crippen molar-refractivity contribution in [1.82, 2.24) is 5.32 Å². The molecule has 0 saturated carbocycles. The van der Waals surface area contributed by atoms with Crippen LogP contribution in [0.2, 0.25) is 6.04 Å². The number of aliphatic hydroxyl groups is 1. The van der Waals surface area contributed by atoms with Gasteiger partial charge in [0.2, 0.25) is 0 Å². The van der Waals surface area contributed by atoms with E-state index in [1.807, 2.05) is 0 Å². The second-order valence-corrected chi connectivity index (χ2v) is 7.20. The van der Waals surface area contributed by atoms with E-state index in [-0.39, 0.29) is 45.4 Å². The molecule has 10 nitrogen and oxygen atoms in total. The molecule has 0 aliphatic heterocycles. The zero-order valence-electron chi connectivity index (χ0n) is 10.8. The molecule has 0 aliphatic rings. The number of nitrogens with one attached hydrogen (secondary N) is 1. The van der Waals surface area contributed by atoms with Crippen molar-refractivity contribution >= 4 is 19.2 Å². The second kappa shape index (κ2) is 9.72. The van der Waals surface area contributed by atoms with Crippen molar-refractivity contribution in [2.75, 3.05) is 32.9 Å². The zero-order chi connectivity index (χ0) is 15.6. The van der Waals surface area contributed by atoms with E-state index in [9.17, 15) is 13.5 Å². The van der Waals surface area contributed by atoms with Crippen LogP contribution in [-0.4, -0.2) is 80.3 Å². The molecule has 20 heavy (non-hydrogen) atoms. The van der Waals surface area contributed by atoms with Crippen LogP contribution in [0.1, 0.15) is 6.42 Å². The molecule has 6 N–H and O–H groups in total. The molecule has 12 heteroatoms. The summed E-state index contributed by atoms with van der Waals surface area (Å²) in [4.78, 5) is 26.1. The second-order valence-electron chi connectivity index (χ2n) is 4.06. The number of rotatable bonds is 12. The van der Waals surface area contributed by atoms with E-state index in [2.05, 4.69) is 9.50 Å². The summed E-state index contributed by atoms with van der Waals surface area (Å²) >= 11 is 0. The van der Waals surface area contributed by atoms with E-state index in [0.29, 0.717) is 0 Å². The van der Waals surface area contributed by atoms with Crippen LogP contribution < -0.4 is 5.32 Å². The largest absolute Gasteiger partial charge is 0.492 e. The lowest BCUT2D eigenvalue weighted by atomic mass is 10.4. The van der Waals surface area contributed by atoms with Gasteiger partial charge in [-0.05, 0) is 6.42 Å². The summed E-state index contributed by atoms with van der Waals surface area (Å²) in [5.74, 6) is 0. The van der Waals surface area contributed by atoms with Gasteiger partial charge in [0.05, 0.1) is 19.3 Å². The van der Waals surface area contributed by atoms with Crippen molar-refractivity contribution in [3.05, 3.63) is 0 Å². The molecule has 0 amide bonds. The Balaban J connectivity index is 3.40. The smallest absolute Gasteiger partial charge is 0.390 e. The lowest BCUT2D eigenvalue weighted by Gasteiger charge is -2.13. The molecule has 0 saturated heterocycles. The van der Waals surface area contributed by atoms with Crippen molar-refractivity contribution < 1.29 is 41.4 Å². The molecule has 122 valence electrons. The van der Waals surface area contributed by atoms with Crippen molar-refractivity contribution in [2.24, 2.45) is 0 Å². The van der Waals surface area contributed by atoms with Crippen LogP contribution in [0.15, 0.2) is 0 Å². The van der Waals surface area contributed by atoms with E-state index in [1.165, 1.54) is 0 Å². The lowest BCUT2D eigenvalue weighted by molar-refractivity contribution is 0.0360. The van der Waals surface area contributed by atoms with Crippen molar-refractivity contribution in [3.8, 4) is 0 Å². The number of hydrogen-bond acceptors (Lipinski definition) is 9. The van der Waals surface area contributed by atoms with Gasteiger partial charge in [-0.15, -0.1) is 0 Å². The maximum atomic E-state index is 10.2. The molecule has 0 aromatic rings. The first-order valence-corrected chi connectivity index (χ1v) is 9.27. The molecule has 0 aromatic heterocycles. The molecule has 0 rings (SSSR count). The average Bonchev–Trinajstić information content (AvgIpc) is 2.25. The van der Waals surface area contributed by atoms with Gasteiger partial charge in [-0.3, -0.25) is 4.55 Å². The Morgan fingerprint density at radius 3 is 2.40 bits per heavy atom. The highest BCUT2D eigenvalue weighted by molar-refractivity contribution is 7.80. The summed E-state index contributed by atoms with van der Waals surface area (Å²) in [5.41, 5.74) is 0. The summed E-state index contributed by atoms with van der Waals surface area (Å²) in [5, 5.41) is 12.1. The number of hydrogen-bond donors (Lipinski definition) is 6. The van der Waals surface area contributed by atoms with Gasteiger partial charge < -0.3 is 29.5 Å². The average molecular weight is 335 g/mol. The highest BCUT2D eigenvalue weighted by atomic mass is 32.3. The Morgan fingerprint density at radius 2 is 1.85 bits per heavy atom. The van der Waals surface area contributed by atoms with Crippen LogP contribution >= 0.6 is 0 Å². The van der Waals surface area contributed by atoms with Gasteiger partial charge in [0.15, 0.2) is 0 Å². The minimum atomic E-state index is -4.44. The quantitative estimate of drug-likeness (QED) is 0.123. The van der Waals surface area contributed by atoms with Crippen LogP contribution in [0.4, 0.5) is 0 Å². The maximum Gasteiger partial charge on any atom is 0.492 e. The van der Waals surface area contributed by atoms with Crippen LogP contribution in [0, 0.1) is 0 Å². The minimum absolute atomic E-state index is 0.00297. The Hall–Kier alpha value is -0.153. The molecule has 0 heterocycles. The molecule has 0 aliphatic carbocycles. The Bertz CT molecular complexity index is 344. The fraction of sp³-hybridized carbons (Fsp3) is 1.00. The van der Waals surface area contributed by atoms with Gasteiger partial charge in [-0.2, -0.15) is 8.42 Å². The van der Waals surface area contributed by atoms with Crippen LogP contribution in [0.5, 0.6) is 0 Å². The van der Waals surface area contributed by atoms with Crippen LogP contribution in [0.3, 0.4) is 0 Å². The van der Waals surface area contributed by atoms with E-state index < -0.39 is 25.3 Å². The molecule has 1 unspecified atom stereocenters.